The molecule has 7 atom stereocenters. The molecule has 1 aromatic heterocycles. The second-order valence-electron chi connectivity index (χ2n) is 16.4. The number of ketones is 3. The number of nitrogens with zero attached hydrogens (tertiary/aromatic N) is 3. The quantitative estimate of drug-likeness (QED) is 0.218. The molecule has 5 rings (SSSR count). The Balaban J connectivity index is 1.37. The van der Waals surface area contributed by atoms with Crippen LogP contribution in [0.2, 0.25) is 0 Å². The number of carbonyl (C=O) groups excluding carboxylic acids is 5. The molecule has 3 saturated carbocycles. The Morgan fingerprint density at radius 1 is 1.00 bits per heavy atom. The van der Waals surface area contributed by atoms with E-state index < -0.39 is 35.4 Å². The largest absolute Gasteiger partial charge is 0.385 e. The minimum absolute atomic E-state index is 0.00152. The Bertz CT molecular complexity index is 1390. The van der Waals surface area contributed by atoms with Crippen molar-refractivity contribution in [3.63, 3.8) is 0 Å². The molecule has 0 radical (unpaired) electrons. The summed E-state index contributed by atoms with van der Waals surface area (Å²) < 4.78 is 9.23. The molecule has 0 aromatic carbocycles. The number of amides is 2. The number of aliphatic hydroxyl groups is 1. The number of likely N-dealkylation sites (tertiary alicyclic amines) is 1. The molecule has 2 amide bonds. The summed E-state index contributed by atoms with van der Waals surface area (Å²) in [6.45, 7) is 7.94. The minimum atomic E-state index is -1.66. The van der Waals surface area contributed by atoms with Gasteiger partial charge in [0, 0.05) is 45.5 Å². The summed E-state index contributed by atoms with van der Waals surface area (Å²) in [5.74, 6) is -3.56. The van der Waals surface area contributed by atoms with E-state index in [4.69, 9.17) is 0 Å². The van der Waals surface area contributed by atoms with Crippen molar-refractivity contribution >= 4 is 29.2 Å². The van der Waals surface area contributed by atoms with Gasteiger partial charge in [0.1, 0.15) is 17.8 Å². The lowest BCUT2D eigenvalue weighted by molar-refractivity contribution is -0.145. The molecular formula is C39H58N4O6. The minimum Gasteiger partial charge on any atom is -0.385 e. The number of rotatable bonds is 16. The van der Waals surface area contributed by atoms with E-state index in [0.717, 1.165) is 64.2 Å². The highest BCUT2D eigenvalue weighted by Gasteiger charge is 2.52. The number of nitrogens with one attached hydrogen (secondary N) is 1. The number of aliphatic hydroxyl groups excluding tert-OH is 1. The van der Waals surface area contributed by atoms with Crippen LogP contribution in [0.3, 0.4) is 0 Å². The zero-order valence-electron chi connectivity index (χ0n) is 31.0. The van der Waals surface area contributed by atoms with Crippen LogP contribution in [-0.4, -0.2) is 73.9 Å². The van der Waals surface area contributed by atoms with Gasteiger partial charge in [-0.3, -0.25) is 29.0 Å². The fourth-order valence-electron chi connectivity index (χ4n) is 8.68. The van der Waals surface area contributed by atoms with Gasteiger partial charge in [0.2, 0.25) is 11.8 Å². The summed E-state index contributed by atoms with van der Waals surface area (Å²) >= 11 is 0. The van der Waals surface area contributed by atoms with Crippen LogP contribution >= 0.6 is 0 Å². The molecule has 3 aliphatic carbocycles. The smallest absolute Gasteiger partial charge is 0.246 e. The Kier molecular flexibility index (Phi) is 11.9. The van der Waals surface area contributed by atoms with Gasteiger partial charge in [0.05, 0.1) is 12.2 Å². The molecule has 0 bridgehead atoms. The predicted molar refractivity (Wildman–Crippen MR) is 185 cm³/mol. The lowest BCUT2D eigenvalue weighted by Gasteiger charge is -2.38. The van der Waals surface area contributed by atoms with E-state index in [1.165, 1.54) is 18.6 Å². The topological polar surface area (TPSA) is 147 Å². The van der Waals surface area contributed by atoms with Gasteiger partial charge >= 0.3 is 0 Å². The summed E-state index contributed by atoms with van der Waals surface area (Å²) in [5.41, 5.74) is -0.501. The molecule has 4 aliphatic rings. The molecule has 1 unspecified atom stereocenters. The van der Waals surface area contributed by atoms with Crippen molar-refractivity contribution in [3.8, 4) is 0 Å². The standard InChI is InChI=1S/C39H58N4O6/c1-5-10-26(35(47)33(46)19-24-15-16-24)20-32(45)34-28-14-9-13-27(28)23-43(34)38(49)36(39(2,3)4)42-37(48)29(25-11-7-6-8-12-25)21-31(44)30-22-40-17-18-41-30/h17-18,22,24-29,34-36,47H,5-16,19-21,23H2,1-4H3,(H,42,48)/t26-,27+,28+,29+,34+,35?,36-/m1/s1/i26D. The Morgan fingerprint density at radius 3 is 2.37 bits per heavy atom. The van der Waals surface area contributed by atoms with Crippen LogP contribution in [0.25, 0.3) is 0 Å². The highest BCUT2D eigenvalue weighted by atomic mass is 16.3. The normalized spacial score (nSPS) is 26.2. The van der Waals surface area contributed by atoms with Gasteiger partial charge in [-0.1, -0.05) is 59.8 Å². The lowest BCUT2D eigenvalue weighted by atomic mass is 9.76. The Labute approximate surface area is 293 Å². The number of aromatic nitrogens is 2. The first kappa shape index (κ1) is 35.8. The zero-order chi connectivity index (χ0) is 36.2. The van der Waals surface area contributed by atoms with Crippen LogP contribution in [-0.2, 0) is 19.2 Å². The Hall–Kier alpha value is -3.01. The average Bonchev–Trinajstić information content (AvgIpc) is 3.65. The van der Waals surface area contributed by atoms with Gasteiger partial charge in [0.15, 0.2) is 17.3 Å². The molecule has 10 nitrogen and oxygen atoms in total. The van der Waals surface area contributed by atoms with E-state index >= 15 is 0 Å². The van der Waals surface area contributed by atoms with Crippen LogP contribution in [0.4, 0.5) is 0 Å². The van der Waals surface area contributed by atoms with E-state index in [9.17, 15) is 30.4 Å². The number of hydrogen-bond acceptors (Lipinski definition) is 8. The fraction of sp³-hybridized carbons (Fsp3) is 0.769. The van der Waals surface area contributed by atoms with Gasteiger partial charge in [-0.05, 0) is 79.9 Å². The second kappa shape index (κ2) is 16.3. The van der Waals surface area contributed by atoms with E-state index in [2.05, 4.69) is 15.3 Å². The first-order chi connectivity index (χ1) is 23.7. The first-order valence-corrected chi connectivity index (χ1v) is 18.9. The molecule has 2 heterocycles. The summed E-state index contributed by atoms with van der Waals surface area (Å²) in [7, 11) is 0. The highest BCUT2D eigenvalue weighted by molar-refractivity contribution is 5.98. The van der Waals surface area contributed by atoms with E-state index in [0.29, 0.717) is 13.0 Å². The molecule has 270 valence electrons. The molecule has 49 heavy (non-hydrogen) atoms. The zero-order valence-corrected chi connectivity index (χ0v) is 30.0. The summed E-state index contributed by atoms with van der Waals surface area (Å²) in [6.07, 6.45) is 12.7. The van der Waals surface area contributed by atoms with Gasteiger partial charge < -0.3 is 15.3 Å². The lowest BCUT2D eigenvalue weighted by Crippen LogP contribution is -2.58. The van der Waals surface area contributed by atoms with Crippen LogP contribution in [0.5, 0.6) is 0 Å². The van der Waals surface area contributed by atoms with Crippen molar-refractivity contribution in [2.45, 2.75) is 142 Å². The third-order valence-electron chi connectivity index (χ3n) is 11.6. The van der Waals surface area contributed by atoms with Gasteiger partial charge in [0.25, 0.3) is 0 Å². The monoisotopic (exact) mass is 679 g/mol. The van der Waals surface area contributed by atoms with Crippen LogP contribution in [0.15, 0.2) is 18.6 Å². The number of hydrogen-bond donors (Lipinski definition) is 2. The summed E-state index contributed by atoms with van der Waals surface area (Å²) in [5, 5.41) is 14.2. The van der Waals surface area contributed by atoms with E-state index in [-0.39, 0.29) is 84.2 Å². The number of carbonyl (C=O) groups is 5. The number of Topliss-reactive ketones (excluding diaryl/α,β-unsaturated/α-hetero) is 3. The van der Waals surface area contributed by atoms with Gasteiger partial charge in [-0.2, -0.15) is 0 Å². The SMILES string of the molecule is [2H][C@@](CCC)(CC(=O)[C@@H]1[C@H]2CCC[C@H]2CN1C(=O)[C@@H](NC(=O)[C@@H](CC(=O)c1cnccn1)C1CCCCC1)C(C)(C)C)C(O)C(=O)CC1CC1. The van der Waals surface area contributed by atoms with Crippen molar-refractivity contribution in [2.24, 2.45) is 40.9 Å². The molecule has 10 heteroatoms. The van der Waals surface area contributed by atoms with Crippen LogP contribution in [0.1, 0.15) is 136 Å². The summed E-state index contributed by atoms with van der Waals surface area (Å²) in [4.78, 5) is 79.4. The highest BCUT2D eigenvalue weighted by Crippen LogP contribution is 2.44. The van der Waals surface area contributed by atoms with Gasteiger partial charge in [-0.15, -0.1) is 0 Å². The molecule has 2 N–H and O–H groups in total. The number of fused-ring (bicyclic) bond motifs is 1. The molecule has 1 aromatic rings. The van der Waals surface area contributed by atoms with Crippen LogP contribution in [0, 0.1) is 40.9 Å². The molecule has 0 spiro atoms. The third kappa shape index (κ3) is 9.21. The van der Waals surface area contributed by atoms with Crippen molar-refractivity contribution in [1.29, 1.82) is 0 Å². The van der Waals surface area contributed by atoms with Crippen molar-refractivity contribution in [2.75, 3.05) is 6.54 Å². The second-order valence-corrected chi connectivity index (χ2v) is 16.4. The predicted octanol–water partition coefficient (Wildman–Crippen LogP) is 5.51. The van der Waals surface area contributed by atoms with Crippen molar-refractivity contribution in [3.05, 3.63) is 24.3 Å². The summed E-state index contributed by atoms with van der Waals surface area (Å²) in [6, 6.07) is -1.74. The van der Waals surface area contributed by atoms with Gasteiger partial charge in [-0.25, -0.2) is 4.98 Å². The maximum Gasteiger partial charge on any atom is 0.246 e. The molecule has 1 saturated heterocycles. The maximum atomic E-state index is 14.7. The molecular weight excluding hydrogens is 620 g/mol. The third-order valence-corrected chi connectivity index (χ3v) is 11.6. The maximum absolute atomic E-state index is 14.7. The molecule has 4 fully saturated rings. The fourth-order valence-corrected chi connectivity index (χ4v) is 8.68. The molecule has 1 aliphatic heterocycles. The van der Waals surface area contributed by atoms with E-state index in [1.807, 2.05) is 27.7 Å². The average molecular weight is 680 g/mol. The Morgan fingerprint density at radius 2 is 1.73 bits per heavy atom. The first-order valence-electron chi connectivity index (χ1n) is 19.4. The van der Waals surface area contributed by atoms with Crippen molar-refractivity contribution < 1.29 is 30.4 Å². The van der Waals surface area contributed by atoms with Crippen molar-refractivity contribution in [1.82, 2.24) is 20.2 Å². The van der Waals surface area contributed by atoms with E-state index in [1.54, 1.807) is 4.90 Å². The van der Waals surface area contributed by atoms with Crippen LogP contribution < -0.4 is 5.32 Å².